The number of carbonyl (C=O) groups is 5. The van der Waals surface area contributed by atoms with Crippen LogP contribution in [0.3, 0.4) is 0 Å². The number of rotatable bonds is 7. The fourth-order valence-electron chi connectivity index (χ4n) is 4.19. The zero-order valence-electron chi connectivity index (χ0n) is 36.4. The maximum absolute atomic E-state index is 11.2. The molecule has 24 nitrogen and oxygen atoms in total. The van der Waals surface area contributed by atoms with E-state index in [1.807, 2.05) is 26.0 Å². The first-order valence-electron chi connectivity index (χ1n) is 17.8. The summed E-state index contributed by atoms with van der Waals surface area (Å²) in [4.78, 5) is 112. The molecule has 5 rings (SSSR count). The highest BCUT2D eigenvalue weighted by Crippen LogP contribution is 2.23. The summed E-state index contributed by atoms with van der Waals surface area (Å²) in [6, 6.07) is 12.3. The molecule has 0 aliphatic carbocycles. The number of aromatic nitrogens is 5. The third-order valence-electron chi connectivity index (χ3n) is 7.69. The molecule has 0 spiro atoms. The third kappa shape index (κ3) is 17.9. The number of aromatic amines is 3. The van der Waals surface area contributed by atoms with Gasteiger partial charge >= 0.3 is 41.2 Å². The van der Waals surface area contributed by atoms with Crippen LogP contribution in [-0.4, -0.2) is 101 Å². The minimum Gasteiger partial charge on any atom is -0.870 e. The summed E-state index contributed by atoms with van der Waals surface area (Å²) in [5, 5.41) is 21.2. The summed E-state index contributed by atoms with van der Waals surface area (Å²) in [6.45, 7) is 8.49. The van der Waals surface area contributed by atoms with Crippen molar-refractivity contribution in [2.45, 2.75) is 34.6 Å². The lowest BCUT2D eigenvalue weighted by Gasteiger charge is -2.02. The fraction of sp³-hybridized carbons (Fsp3) is 0.250. The summed E-state index contributed by atoms with van der Waals surface area (Å²) in [6.07, 6.45) is 3.39. The molecule has 0 amide bonds. The van der Waals surface area contributed by atoms with E-state index in [1.54, 1.807) is 44.4 Å². The Kier molecular flexibility index (Phi) is 24.1. The van der Waals surface area contributed by atoms with Gasteiger partial charge in [-0.15, -0.1) is 0 Å². The van der Waals surface area contributed by atoms with E-state index in [9.17, 15) is 53.8 Å². The van der Waals surface area contributed by atoms with Crippen LogP contribution in [-0.2, 0) is 23.7 Å². The minimum absolute atomic E-state index is 0. The molecule has 0 unspecified atom stereocenters. The van der Waals surface area contributed by atoms with Crippen LogP contribution >= 0.6 is 11.6 Å². The highest BCUT2D eigenvalue weighted by Gasteiger charge is 2.25. The van der Waals surface area contributed by atoms with Crippen molar-refractivity contribution in [3.63, 3.8) is 0 Å². The van der Waals surface area contributed by atoms with Gasteiger partial charge in [0.05, 0.1) is 45.4 Å². The van der Waals surface area contributed by atoms with E-state index < -0.39 is 62.0 Å². The molecule has 348 valence electrons. The van der Waals surface area contributed by atoms with Crippen molar-refractivity contribution < 1.29 is 68.0 Å². The second-order valence-electron chi connectivity index (χ2n) is 12.4. The van der Waals surface area contributed by atoms with Crippen LogP contribution < -0.4 is 16.1 Å². The Morgan fingerprint density at radius 1 is 0.631 bits per heavy atom. The van der Waals surface area contributed by atoms with Gasteiger partial charge in [0.2, 0.25) is 11.4 Å². The molecule has 25 heteroatoms. The van der Waals surface area contributed by atoms with E-state index in [4.69, 9.17) is 11.6 Å². The van der Waals surface area contributed by atoms with Crippen LogP contribution in [0.1, 0.15) is 80.3 Å². The molecule has 0 saturated carbocycles. The number of pyridine rings is 5. The molecule has 0 bridgehead atoms. The molecule has 0 atom stereocenters. The quantitative estimate of drug-likeness (QED) is 0.0759. The molecule has 5 heterocycles. The first-order valence-corrected chi connectivity index (χ1v) is 18.2. The summed E-state index contributed by atoms with van der Waals surface area (Å²) in [5.74, 6) is -3.11. The first kappa shape index (κ1) is 56.8. The van der Waals surface area contributed by atoms with Gasteiger partial charge < -0.3 is 39.1 Å². The second kappa shape index (κ2) is 27.6. The van der Waals surface area contributed by atoms with Gasteiger partial charge in [-0.05, 0) is 63.9 Å². The SMILES string of the molecule is COC(=O)c1[nH]c(=O)c(C)cc1[N+](=O)[O-].COC(=O)c1ccc(C)c(=O)[nH]1.COC(=O)c1ccc(C)c[nH+]1.COC(=O)c1ccc(C)cn1.COC(=O)c1nc(Cl)c(C)cc1[N+](=O)[O-].[OH-]. The van der Waals surface area contributed by atoms with Crippen molar-refractivity contribution in [3.8, 4) is 0 Å². The van der Waals surface area contributed by atoms with Crippen molar-refractivity contribution >= 4 is 52.8 Å². The van der Waals surface area contributed by atoms with Crippen LogP contribution in [0.5, 0.6) is 0 Å². The molecule has 0 aromatic carbocycles. The molecular weight excluding hydrogens is 886 g/mol. The van der Waals surface area contributed by atoms with Gasteiger partial charge in [0.15, 0.2) is 6.20 Å². The molecule has 4 N–H and O–H groups in total. The average molecular weight is 930 g/mol. The highest BCUT2D eigenvalue weighted by atomic mass is 35.5. The number of halogens is 1. The standard InChI is InChI=1S/C8H7ClN2O4.C8H8N2O5.C8H9NO3.2C8H9NO2.H2O/c1-4-3-5(11(13)14)6(8(12)15-2)10-7(4)9;1-4-3-5(10(13)14)6(8(12)15-2)9-7(4)11;1-5-3-4-6(8(11)12-2)9-7(5)10;2*1-6-3-4-7(9-5-6)8(10)11-2;/h3H,1-2H3;3H,1-2H3,(H,9,11);3-4H,1-2H3,(H,9,10);2*3-5H,1-2H3;1H2. The van der Waals surface area contributed by atoms with E-state index in [0.29, 0.717) is 22.5 Å². The van der Waals surface area contributed by atoms with Gasteiger partial charge in [0.1, 0.15) is 16.5 Å². The van der Waals surface area contributed by atoms with Crippen molar-refractivity contribution in [3.05, 3.63) is 163 Å². The Labute approximate surface area is 373 Å². The minimum atomic E-state index is -0.946. The lowest BCUT2D eigenvalue weighted by molar-refractivity contribution is -0.385. The molecule has 0 saturated heterocycles. The maximum Gasteiger partial charge on any atom is 0.403 e. The smallest absolute Gasteiger partial charge is 0.403 e. The number of nitrogens with one attached hydrogen (secondary N) is 3. The Hall–Kier alpha value is -8.25. The molecule has 0 radical (unpaired) electrons. The zero-order valence-corrected chi connectivity index (χ0v) is 37.2. The molecule has 5 aromatic heterocycles. The Morgan fingerprint density at radius 3 is 1.62 bits per heavy atom. The van der Waals surface area contributed by atoms with Crippen molar-refractivity contribution in [1.82, 2.24) is 19.9 Å². The van der Waals surface area contributed by atoms with Crippen LogP contribution in [0.2, 0.25) is 5.15 Å². The van der Waals surface area contributed by atoms with Crippen LogP contribution in [0.15, 0.2) is 70.5 Å². The zero-order chi connectivity index (χ0) is 48.8. The number of H-pyrrole nitrogens is 3. The average Bonchev–Trinajstić information content (AvgIpc) is 3.28. The van der Waals surface area contributed by atoms with E-state index in [-0.39, 0.29) is 33.4 Å². The Bertz CT molecular complexity index is 2540. The van der Waals surface area contributed by atoms with Crippen LogP contribution in [0.25, 0.3) is 0 Å². The van der Waals surface area contributed by atoms with Gasteiger partial charge in [0, 0.05) is 41.1 Å². The lowest BCUT2D eigenvalue weighted by atomic mass is 10.2. The molecule has 5 aromatic rings. The number of esters is 5. The summed E-state index contributed by atoms with van der Waals surface area (Å²) in [7, 11) is 6.14. The number of nitro groups is 2. The van der Waals surface area contributed by atoms with Gasteiger partial charge in [0.25, 0.3) is 16.8 Å². The van der Waals surface area contributed by atoms with Gasteiger partial charge in [-0.3, -0.25) is 29.8 Å². The summed E-state index contributed by atoms with van der Waals surface area (Å²) in [5.41, 5.74) is 1.71. The first-order chi connectivity index (χ1) is 30.1. The Morgan fingerprint density at radius 2 is 1.15 bits per heavy atom. The fourth-order valence-corrected chi connectivity index (χ4v) is 4.33. The maximum atomic E-state index is 11.2. The predicted octanol–water partition coefficient (Wildman–Crippen LogP) is 4.18. The van der Waals surface area contributed by atoms with Gasteiger partial charge in [-0.25, -0.2) is 38.9 Å². The predicted molar refractivity (Wildman–Crippen MR) is 226 cm³/mol. The molecule has 0 aliphatic heterocycles. The second-order valence-corrected chi connectivity index (χ2v) is 12.7. The third-order valence-corrected chi connectivity index (χ3v) is 8.07. The van der Waals surface area contributed by atoms with E-state index >= 15 is 0 Å². The molecule has 0 fully saturated rings. The molecule has 0 aliphatic rings. The topological polar surface area (TPSA) is 353 Å². The van der Waals surface area contributed by atoms with E-state index in [2.05, 4.69) is 48.6 Å². The van der Waals surface area contributed by atoms with E-state index in [1.165, 1.54) is 40.4 Å². The van der Waals surface area contributed by atoms with Crippen molar-refractivity contribution in [1.29, 1.82) is 0 Å². The summed E-state index contributed by atoms with van der Waals surface area (Å²) >= 11 is 5.65. The van der Waals surface area contributed by atoms with Crippen LogP contribution in [0, 0.1) is 54.8 Å². The number of methoxy groups -OCH3 is 5. The number of carbonyl (C=O) groups excluding carboxylic acids is 5. The number of hydrogen-bond acceptors (Lipinski definition) is 19. The number of nitrogens with zero attached hydrogens (tertiary/aromatic N) is 4. The molecule has 65 heavy (non-hydrogen) atoms. The van der Waals surface area contributed by atoms with Gasteiger partial charge in [-0.2, -0.15) is 0 Å². The van der Waals surface area contributed by atoms with Crippen molar-refractivity contribution in [2.75, 3.05) is 35.5 Å². The molecular formula is C40H44ClN7O17. The van der Waals surface area contributed by atoms with Crippen molar-refractivity contribution in [2.24, 2.45) is 0 Å². The van der Waals surface area contributed by atoms with E-state index in [0.717, 1.165) is 31.4 Å². The highest BCUT2D eigenvalue weighted by molar-refractivity contribution is 6.30. The Balaban J connectivity index is 0.000000790. The summed E-state index contributed by atoms with van der Waals surface area (Å²) < 4.78 is 22.1. The lowest BCUT2D eigenvalue weighted by Crippen LogP contribution is -2.18. The monoisotopic (exact) mass is 929 g/mol. The number of aryl methyl sites for hydroxylation is 5. The normalized spacial score (nSPS) is 9.40. The number of hydrogen-bond donors (Lipinski definition) is 2. The van der Waals surface area contributed by atoms with Gasteiger partial charge in [-0.1, -0.05) is 23.7 Å². The largest absolute Gasteiger partial charge is 0.870 e. The number of ether oxygens (including phenoxy) is 5. The van der Waals surface area contributed by atoms with Crippen LogP contribution in [0.4, 0.5) is 11.4 Å².